The Morgan fingerprint density at radius 2 is 1.95 bits per heavy atom. The number of nitrogens with two attached hydrogens (primary N) is 1. The summed E-state index contributed by atoms with van der Waals surface area (Å²) in [5.74, 6) is 1.02. The van der Waals surface area contributed by atoms with Gasteiger partial charge in [0, 0.05) is 19.7 Å². The van der Waals surface area contributed by atoms with Gasteiger partial charge in [0.2, 0.25) is 0 Å². The molecule has 0 saturated carbocycles. The minimum absolute atomic E-state index is 0.453. The first-order chi connectivity index (χ1) is 9.54. The molecule has 2 rings (SSSR count). The number of aromatic nitrogens is 2. The van der Waals surface area contributed by atoms with Gasteiger partial charge in [0.25, 0.3) is 0 Å². The first-order valence-electron chi connectivity index (χ1n) is 6.18. The number of hydrogen-bond donors (Lipinski definition) is 1. The number of rotatable bonds is 3. The molecular weight excluding hydrogens is 252 g/mol. The first kappa shape index (κ1) is 13.8. The van der Waals surface area contributed by atoms with Gasteiger partial charge in [0.15, 0.2) is 5.84 Å². The van der Waals surface area contributed by atoms with Crippen molar-refractivity contribution in [1.29, 1.82) is 0 Å². The van der Waals surface area contributed by atoms with E-state index in [0.29, 0.717) is 17.3 Å². The van der Waals surface area contributed by atoms with Crippen LogP contribution in [0.1, 0.15) is 11.3 Å². The standard InChI is InChI=1S/C14H18N6/c1-10-12(14(16-2)18-19(3)4)17-20(13(10)15)11-8-6-5-7-9-11/h5-9H,2,15H2,1,3-4H3. The molecule has 0 aliphatic rings. The second kappa shape index (κ2) is 5.56. The molecule has 0 amide bonds. The molecule has 1 aromatic heterocycles. The summed E-state index contributed by atoms with van der Waals surface area (Å²) in [6, 6.07) is 9.70. The number of aliphatic imine (C=N–C) groups is 1. The molecule has 0 unspecified atom stereocenters. The van der Waals surface area contributed by atoms with Crippen LogP contribution in [0.15, 0.2) is 40.4 Å². The Morgan fingerprint density at radius 3 is 2.50 bits per heavy atom. The zero-order valence-electron chi connectivity index (χ0n) is 11.9. The maximum atomic E-state index is 6.13. The van der Waals surface area contributed by atoms with E-state index in [1.54, 1.807) is 9.69 Å². The largest absolute Gasteiger partial charge is 0.383 e. The molecular formula is C14H18N6. The van der Waals surface area contributed by atoms with Gasteiger partial charge in [-0.15, -0.1) is 0 Å². The fourth-order valence-corrected chi connectivity index (χ4v) is 1.83. The Morgan fingerprint density at radius 1 is 1.30 bits per heavy atom. The molecule has 6 heteroatoms. The molecule has 6 nitrogen and oxygen atoms in total. The van der Waals surface area contributed by atoms with Gasteiger partial charge in [-0.3, -0.25) is 0 Å². The molecule has 0 bridgehead atoms. The summed E-state index contributed by atoms with van der Waals surface area (Å²) in [6.07, 6.45) is 0. The van der Waals surface area contributed by atoms with Gasteiger partial charge in [-0.1, -0.05) is 18.2 Å². The van der Waals surface area contributed by atoms with Crippen molar-refractivity contribution in [1.82, 2.24) is 14.8 Å². The molecule has 104 valence electrons. The third-order valence-corrected chi connectivity index (χ3v) is 2.82. The molecule has 0 saturated heterocycles. The molecule has 0 spiro atoms. The molecule has 2 aromatic rings. The van der Waals surface area contributed by atoms with Crippen LogP contribution in [0.4, 0.5) is 5.82 Å². The summed E-state index contributed by atoms with van der Waals surface area (Å²) < 4.78 is 1.68. The number of anilines is 1. The molecule has 1 heterocycles. The van der Waals surface area contributed by atoms with Crippen molar-refractivity contribution < 1.29 is 0 Å². The first-order valence-corrected chi connectivity index (χ1v) is 6.18. The van der Waals surface area contributed by atoms with Crippen molar-refractivity contribution in [2.45, 2.75) is 6.92 Å². The van der Waals surface area contributed by atoms with E-state index in [4.69, 9.17) is 5.73 Å². The smallest absolute Gasteiger partial charge is 0.199 e. The van der Waals surface area contributed by atoms with E-state index < -0.39 is 0 Å². The third kappa shape index (κ3) is 2.54. The number of para-hydroxylation sites is 1. The molecule has 0 radical (unpaired) electrons. The molecule has 0 fully saturated rings. The summed E-state index contributed by atoms with van der Waals surface area (Å²) in [6.45, 7) is 5.44. The average molecular weight is 270 g/mol. The predicted molar refractivity (Wildman–Crippen MR) is 82.5 cm³/mol. The quantitative estimate of drug-likeness (QED) is 0.524. The minimum atomic E-state index is 0.453. The van der Waals surface area contributed by atoms with Crippen LogP contribution in [0.3, 0.4) is 0 Å². The highest BCUT2D eigenvalue weighted by atomic mass is 15.4. The zero-order valence-corrected chi connectivity index (χ0v) is 11.9. The molecule has 1 aromatic carbocycles. The van der Waals surface area contributed by atoms with Crippen LogP contribution in [0.5, 0.6) is 0 Å². The van der Waals surface area contributed by atoms with Gasteiger partial charge in [-0.05, 0) is 25.8 Å². The highest BCUT2D eigenvalue weighted by Gasteiger charge is 2.17. The number of benzene rings is 1. The lowest BCUT2D eigenvalue weighted by molar-refractivity contribution is 0.437. The number of amidine groups is 1. The fourth-order valence-electron chi connectivity index (χ4n) is 1.83. The van der Waals surface area contributed by atoms with Crippen molar-refractivity contribution in [3.05, 3.63) is 41.6 Å². The van der Waals surface area contributed by atoms with Crippen LogP contribution < -0.4 is 5.73 Å². The zero-order chi connectivity index (χ0) is 14.7. The lowest BCUT2D eigenvalue weighted by atomic mass is 10.2. The van der Waals surface area contributed by atoms with E-state index in [-0.39, 0.29) is 0 Å². The highest BCUT2D eigenvalue weighted by molar-refractivity contribution is 6.01. The van der Waals surface area contributed by atoms with Gasteiger partial charge in [0.05, 0.1) is 5.69 Å². The van der Waals surface area contributed by atoms with Gasteiger partial charge in [0.1, 0.15) is 11.5 Å². The maximum absolute atomic E-state index is 6.13. The number of hydrogen-bond acceptors (Lipinski definition) is 4. The molecule has 2 N–H and O–H groups in total. The topological polar surface area (TPSA) is 71.8 Å². The summed E-state index contributed by atoms with van der Waals surface area (Å²) in [5.41, 5.74) is 8.49. The van der Waals surface area contributed by atoms with E-state index in [1.165, 1.54) is 0 Å². The predicted octanol–water partition coefficient (Wildman–Crippen LogP) is 1.69. The lowest BCUT2D eigenvalue weighted by Gasteiger charge is -2.05. The van der Waals surface area contributed by atoms with E-state index in [1.807, 2.05) is 51.4 Å². The van der Waals surface area contributed by atoms with Crippen molar-refractivity contribution in [2.24, 2.45) is 10.1 Å². The van der Waals surface area contributed by atoms with Gasteiger partial charge in [-0.25, -0.2) is 9.67 Å². The number of hydrazone groups is 1. The van der Waals surface area contributed by atoms with Crippen molar-refractivity contribution in [2.75, 3.05) is 19.8 Å². The van der Waals surface area contributed by atoms with Gasteiger partial charge in [-0.2, -0.15) is 10.2 Å². The Hall–Kier alpha value is -2.63. The fraction of sp³-hybridized carbons (Fsp3) is 0.214. The second-order valence-electron chi connectivity index (χ2n) is 4.54. The molecule has 0 atom stereocenters. The minimum Gasteiger partial charge on any atom is -0.383 e. The third-order valence-electron chi connectivity index (χ3n) is 2.82. The summed E-state index contributed by atoms with van der Waals surface area (Å²) >= 11 is 0. The van der Waals surface area contributed by atoms with Crippen LogP contribution >= 0.6 is 0 Å². The Kier molecular flexibility index (Phi) is 3.84. The Bertz CT molecular complexity index is 639. The molecule has 20 heavy (non-hydrogen) atoms. The van der Waals surface area contributed by atoms with Crippen LogP contribution in [0.2, 0.25) is 0 Å². The number of nitrogen functional groups attached to an aromatic ring is 1. The van der Waals surface area contributed by atoms with Crippen molar-refractivity contribution >= 4 is 18.4 Å². The van der Waals surface area contributed by atoms with Crippen LogP contribution in [-0.4, -0.2) is 41.4 Å². The normalized spacial score (nSPS) is 11.4. The number of nitrogens with zero attached hydrogens (tertiary/aromatic N) is 5. The van der Waals surface area contributed by atoms with Gasteiger partial charge < -0.3 is 10.7 Å². The average Bonchev–Trinajstić information content (AvgIpc) is 2.74. The summed E-state index contributed by atoms with van der Waals surface area (Å²) in [5, 5.41) is 10.4. The van der Waals surface area contributed by atoms with E-state index in [9.17, 15) is 0 Å². The summed E-state index contributed by atoms with van der Waals surface area (Å²) in [7, 11) is 3.64. The molecule has 0 aliphatic carbocycles. The van der Waals surface area contributed by atoms with Crippen LogP contribution in [0.25, 0.3) is 5.69 Å². The highest BCUT2D eigenvalue weighted by Crippen LogP contribution is 2.21. The van der Waals surface area contributed by atoms with Gasteiger partial charge >= 0.3 is 0 Å². The van der Waals surface area contributed by atoms with E-state index >= 15 is 0 Å². The van der Waals surface area contributed by atoms with Crippen LogP contribution in [-0.2, 0) is 0 Å². The molecule has 0 aliphatic heterocycles. The Balaban J connectivity index is 2.56. The SMILES string of the molecule is C=NC(=NN(C)C)c1nn(-c2ccccc2)c(N)c1C. The summed E-state index contributed by atoms with van der Waals surface area (Å²) in [4.78, 5) is 3.93. The van der Waals surface area contributed by atoms with Crippen molar-refractivity contribution in [3.8, 4) is 5.69 Å². The maximum Gasteiger partial charge on any atom is 0.199 e. The second-order valence-corrected chi connectivity index (χ2v) is 4.54. The van der Waals surface area contributed by atoms with Crippen LogP contribution in [0, 0.1) is 6.92 Å². The lowest BCUT2D eigenvalue weighted by Crippen LogP contribution is -2.10. The van der Waals surface area contributed by atoms with E-state index in [0.717, 1.165) is 11.3 Å². The van der Waals surface area contributed by atoms with Crippen molar-refractivity contribution in [3.63, 3.8) is 0 Å². The monoisotopic (exact) mass is 270 g/mol. The van der Waals surface area contributed by atoms with E-state index in [2.05, 4.69) is 21.9 Å². The Labute approximate surface area is 118 Å².